The van der Waals surface area contributed by atoms with Gasteiger partial charge in [0.1, 0.15) is 16.7 Å². The number of aliphatic hydroxyl groups is 1. The molecule has 1 aliphatic heterocycles. The Hall–Kier alpha value is -3.12. The fraction of sp³-hybridized carbons (Fsp3) is 0.516. The number of rotatable bonds is 17. The first-order valence-corrected chi connectivity index (χ1v) is 15.8. The Bertz CT molecular complexity index is 1140. The number of nitrogens with zero attached hydrogens (tertiary/aromatic N) is 2. The van der Waals surface area contributed by atoms with Gasteiger partial charge in [0.25, 0.3) is 0 Å². The van der Waals surface area contributed by atoms with E-state index in [1.165, 1.54) is 11.8 Å². The predicted octanol–water partition coefficient (Wildman–Crippen LogP) is 2.63. The molecule has 1 heterocycles. The number of benzene rings is 2. The van der Waals surface area contributed by atoms with Crippen LogP contribution in [0.25, 0.3) is 0 Å². The molecule has 2 aromatic carbocycles. The van der Waals surface area contributed by atoms with Gasteiger partial charge in [0.2, 0.25) is 17.7 Å². The zero-order valence-corrected chi connectivity index (χ0v) is 25.8. The van der Waals surface area contributed by atoms with Crippen LogP contribution in [0.4, 0.5) is 11.4 Å². The molecule has 3 atom stereocenters. The summed E-state index contributed by atoms with van der Waals surface area (Å²) in [7, 11) is 0. The van der Waals surface area contributed by atoms with Crippen LogP contribution >= 0.6 is 11.8 Å². The number of aliphatic hydroxyl groups excluding tert-OH is 1. The maximum absolute atomic E-state index is 13.1. The van der Waals surface area contributed by atoms with Crippen LogP contribution in [0, 0.1) is 0 Å². The van der Waals surface area contributed by atoms with Crippen molar-refractivity contribution in [3.8, 4) is 0 Å². The van der Waals surface area contributed by atoms with Crippen LogP contribution in [0.5, 0.6) is 0 Å². The van der Waals surface area contributed by atoms with E-state index in [0.717, 1.165) is 49.3 Å². The third kappa shape index (κ3) is 9.72. The van der Waals surface area contributed by atoms with E-state index < -0.39 is 11.4 Å². The second-order valence-corrected chi connectivity index (χ2v) is 11.6. The summed E-state index contributed by atoms with van der Waals surface area (Å²) in [5, 5.41) is 17.5. The Labute approximate surface area is 253 Å². The molecular formula is C31H46N6O4S. The second kappa shape index (κ2) is 17.1. The lowest BCUT2D eigenvalue weighted by atomic mass is 10.1. The van der Waals surface area contributed by atoms with E-state index in [2.05, 4.69) is 34.7 Å². The molecule has 0 saturated carbocycles. The molecule has 6 N–H and O–H groups in total. The van der Waals surface area contributed by atoms with Crippen molar-refractivity contribution in [1.82, 2.24) is 15.1 Å². The average molecular weight is 599 g/mol. The standard InChI is InChI=1S/C31H46N6O4S/c1-4-36(5-2)19-18-33-27(39)9-7-8-22-10-14-24(15-11-22)34-20-26-30(41)37(6-3)31(42-26)28(32)29(40)35-25-16-12-23(21-38)13-17-25/h10-17,26,28,31,34,38H,4-9,18-21,32H2,1-3H3,(H,33,39)(H,35,40)/t26-,28-,31?/m1/s1. The molecule has 42 heavy (non-hydrogen) atoms. The Morgan fingerprint density at radius 2 is 1.67 bits per heavy atom. The molecule has 3 amide bonds. The van der Waals surface area contributed by atoms with E-state index in [0.29, 0.717) is 31.7 Å². The monoisotopic (exact) mass is 598 g/mol. The maximum Gasteiger partial charge on any atom is 0.244 e. The third-order valence-corrected chi connectivity index (χ3v) is 9.01. The number of carbonyl (C=O) groups excluding carboxylic acids is 3. The van der Waals surface area contributed by atoms with E-state index in [1.54, 1.807) is 29.2 Å². The fourth-order valence-electron chi connectivity index (χ4n) is 4.84. The van der Waals surface area contributed by atoms with Gasteiger partial charge in [-0.15, -0.1) is 11.8 Å². The van der Waals surface area contributed by atoms with Crippen molar-refractivity contribution in [2.45, 2.75) is 63.3 Å². The summed E-state index contributed by atoms with van der Waals surface area (Å²) < 4.78 is 0. The lowest BCUT2D eigenvalue weighted by Crippen LogP contribution is -2.50. The summed E-state index contributed by atoms with van der Waals surface area (Å²) in [4.78, 5) is 42.0. The molecule has 0 spiro atoms. The first-order valence-electron chi connectivity index (χ1n) is 14.8. The fourth-order valence-corrected chi connectivity index (χ4v) is 6.30. The molecule has 10 nitrogen and oxygen atoms in total. The number of carbonyl (C=O) groups is 3. The van der Waals surface area contributed by atoms with Crippen molar-refractivity contribution in [1.29, 1.82) is 0 Å². The van der Waals surface area contributed by atoms with Crippen LogP contribution < -0.4 is 21.7 Å². The van der Waals surface area contributed by atoms with Crippen molar-refractivity contribution in [2.75, 3.05) is 49.9 Å². The largest absolute Gasteiger partial charge is 0.392 e. The van der Waals surface area contributed by atoms with E-state index in [9.17, 15) is 19.5 Å². The van der Waals surface area contributed by atoms with Gasteiger partial charge in [0, 0.05) is 44.0 Å². The van der Waals surface area contributed by atoms with Crippen LogP contribution in [0.3, 0.4) is 0 Å². The van der Waals surface area contributed by atoms with Crippen molar-refractivity contribution in [3.63, 3.8) is 0 Å². The van der Waals surface area contributed by atoms with Crippen molar-refractivity contribution in [2.24, 2.45) is 5.73 Å². The molecule has 0 radical (unpaired) electrons. The van der Waals surface area contributed by atoms with Gasteiger partial charge < -0.3 is 36.6 Å². The molecule has 0 aromatic heterocycles. The predicted molar refractivity (Wildman–Crippen MR) is 170 cm³/mol. The molecule has 2 aromatic rings. The van der Waals surface area contributed by atoms with Gasteiger partial charge in [0.15, 0.2) is 0 Å². The lowest BCUT2D eigenvalue weighted by Gasteiger charge is -2.26. The summed E-state index contributed by atoms with van der Waals surface area (Å²) in [6.07, 6.45) is 2.11. The topological polar surface area (TPSA) is 140 Å². The highest BCUT2D eigenvalue weighted by atomic mass is 32.2. The van der Waals surface area contributed by atoms with E-state index in [1.807, 2.05) is 31.2 Å². The zero-order valence-electron chi connectivity index (χ0n) is 25.0. The maximum atomic E-state index is 13.1. The van der Waals surface area contributed by atoms with Crippen LogP contribution in [0.2, 0.25) is 0 Å². The van der Waals surface area contributed by atoms with Crippen LogP contribution in [0.15, 0.2) is 48.5 Å². The van der Waals surface area contributed by atoms with Gasteiger partial charge in [-0.25, -0.2) is 0 Å². The van der Waals surface area contributed by atoms with Gasteiger partial charge in [-0.1, -0.05) is 38.1 Å². The summed E-state index contributed by atoms with van der Waals surface area (Å²) in [6.45, 7) is 10.5. The van der Waals surface area contributed by atoms with Gasteiger partial charge in [-0.3, -0.25) is 14.4 Å². The van der Waals surface area contributed by atoms with Crippen LogP contribution in [-0.2, 0) is 27.4 Å². The first kappa shape index (κ1) is 33.4. The number of amides is 3. The number of hydrogen-bond donors (Lipinski definition) is 5. The molecule has 230 valence electrons. The van der Waals surface area contributed by atoms with Gasteiger partial charge in [-0.05, 0) is 68.2 Å². The van der Waals surface area contributed by atoms with E-state index in [-0.39, 0.29) is 29.6 Å². The summed E-state index contributed by atoms with van der Waals surface area (Å²) in [6, 6.07) is 14.0. The number of nitrogens with two attached hydrogens (primary N) is 1. The normalized spacial score (nSPS) is 17.4. The first-order chi connectivity index (χ1) is 20.3. The lowest BCUT2D eigenvalue weighted by molar-refractivity contribution is -0.130. The molecular weight excluding hydrogens is 552 g/mol. The molecule has 3 rings (SSSR count). The molecule has 1 fully saturated rings. The highest BCUT2D eigenvalue weighted by Crippen LogP contribution is 2.33. The van der Waals surface area contributed by atoms with Crippen molar-refractivity contribution in [3.05, 3.63) is 59.7 Å². The van der Waals surface area contributed by atoms with Gasteiger partial charge in [0.05, 0.1) is 6.61 Å². The molecule has 0 aliphatic carbocycles. The molecule has 1 aliphatic rings. The van der Waals surface area contributed by atoms with Gasteiger partial charge >= 0.3 is 0 Å². The Balaban J connectivity index is 1.43. The van der Waals surface area contributed by atoms with E-state index >= 15 is 0 Å². The number of likely N-dealkylation sites (N-methyl/N-ethyl adjacent to an activating group) is 2. The average Bonchev–Trinajstić information content (AvgIpc) is 3.33. The highest BCUT2D eigenvalue weighted by molar-refractivity contribution is 8.01. The Kier molecular flexibility index (Phi) is 13.6. The Morgan fingerprint density at radius 3 is 2.29 bits per heavy atom. The summed E-state index contributed by atoms with van der Waals surface area (Å²) in [5.41, 5.74) is 9.72. The minimum atomic E-state index is -0.898. The number of thioether (sulfide) groups is 1. The molecule has 1 saturated heterocycles. The minimum absolute atomic E-state index is 0.0393. The number of anilines is 2. The molecule has 11 heteroatoms. The Morgan fingerprint density at radius 1 is 1.02 bits per heavy atom. The minimum Gasteiger partial charge on any atom is -0.392 e. The van der Waals surface area contributed by atoms with Crippen molar-refractivity contribution < 1.29 is 19.5 Å². The van der Waals surface area contributed by atoms with Crippen LogP contribution in [-0.4, -0.2) is 88.6 Å². The smallest absolute Gasteiger partial charge is 0.244 e. The number of hydrogen-bond acceptors (Lipinski definition) is 8. The van der Waals surface area contributed by atoms with E-state index in [4.69, 9.17) is 5.73 Å². The SMILES string of the molecule is CCN(CC)CCNC(=O)CCCc1ccc(NC[C@H]2SC([C@H](N)C(=O)Nc3ccc(CO)cc3)N(CC)C2=O)cc1. The number of nitrogens with one attached hydrogen (secondary N) is 3. The molecule has 0 bridgehead atoms. The highest BCUT2D eigenvalue weighted by Gasteiger charge is 2.44. The molecule has 1 unspecified atom stereocenters. The van der Waals surface area contributed by atoms with Gasteiger partial charge in [-0.2, -0.15) is 0 Å². The van der Waals surface area contributed by atoms with Crippen LogP contribution in [0.1, 0.15) is 44.7 Å². The second-order valence-electron chi connectivity index (χ2n) is 10.3. The summed E-state index contributed by atoms with van der Waals surface area (Å²) >= 11 is 1.40. The quantitative estimate of drug-likeness (QED) is 0.187. The third-order valence-electron chi connectivity index (χ3n) is 7.48. The number of aryl methyl sites for hydroxylation is 1. The van der Waals surface area contributed by atoms with Crippen molar-refractivity contribution >= 4 is 40.9 Å². The summed E-state index contributed by atoms with van der Waals surface area (Å²) in [5.74, 6) is -0.313. The zero-order chi connectivity index (χ0) is 30.5.